The van der Waals surface area contributed by atoms with Gasteiger partial charge < -0.3 is 5.32 Å². The normalized spacial score (nSPS) is 38.2. The lowest BCUT2D eigenvalue weighted by atomic mass is 9.65. The summed E-state index contributed by atoms with van der Waals surface area (Å²) >= 11 is 1.92. The Bertz CT molecular complexity index is 214. The van der Waals surface area contributed by atoms with Gasteiger partial charge >= 0.3 is 0 Å². The first kappa shape index (κ1) is 11.7. The van der Waals surface area contributed by atoms with Gasteiger partial charge in [-0.25, -0.2) is 0 Å². The molecule has 0 aromatic heterocycles. The predicted molar refractivity (Wildman–Crippen MR) is 68.0 cm³/mol. The van der Waals surface area contributed by atoms with Gasteiger partial charge in [0.05, 0.1) is 0 Å². The van der Waals surface area contributed by atoms with Gasteiger partial charge in [-0.2, -0.15) is 0 Å². The number of nitrogens with one attached hydrogen (secondary N) is 1. The van der Waals surface area contributed by atoms with Crippen molar-refractivity contribution in [3.8, 4) is 0 Å². The Hall–Kier alpha value is 0.270. The molecule has 1 saturated heterocycles. The third kappa shape index (κ3) is 2.51. The van der Waals surface area contributed by atoms with Crippen LogP contribution in [-0.4, -0.2) is 35.7 Å². The maximum absolute atomic E-state index is 3.72. The second-order valence-corrected chi connectivity index (χ2v) is 6.26. The summed E-state index contributed by atoms with van der Waals surface area (Å²) in [5, 5.41) is 3.72. The third-order valence-electron chi connectivity index (χ3n) is 4.15. The zero-order valence-electron chi connectivity index (χ0n) is 10.3. The van der Waals surface area contributed by atoms with Crippen molar-refractivity contribution < 1.29 is 0 Å². The first-order chi connectivity index (χ1) is 7.17. The van der Waals surface area contributed by atoms with E-state index in [2.05, 4.69) is 29.7 Å². The zero-order chi connectivity index (χ0) is 10.9. The lowest BCUT2D eigenvalue weighted by molar-refractivity contribution is 0.0923. The van der Waals surface area contributed by atoms with Crippen LogP contribution in [0.15, 0.2) is 0 Å². The highest BCUT2D eigenvalue weighted by Crippen LogP contribution is 2.49. The molecule has 2 fully saturated rings. The summed E-state index contributed by atoms with van der Waals surface area (Å²) < 4.78 is 2.53. The van der Waals surface area contributed by atoms with Crippen molar-refractivity contribution in [2.75, 3.05) is 19.3 Å². The number of hydrogen-bond acceptors (Lipinski definition) is 3. The zero-order valence-corrected chi connectivity index (χ0v) is 11.1. The largest absolute Gasteiger partial charge is 0.311 e. The summed E-state index contributed by atoms with van der Waals surface area (Å²) in [5.74, 6) is 0. The molecule has 0 bridgehead atoms. The maximum Gasteiger partial charge on any atom is 0.0147 e. The van der Waals surface area contributed by atoms with E-state index in [1.165, 1.54) is 38.8 Å². The molecule has 1 saturated carbocycles. The Balaban J connectivity index is 1.73. The van der Waals surface area contributed by atoms with E-state index in [0.717, 1.165) is 6.04 Å². The molecule has 88 valence electrons. The standard InChI is InChI=1S/C12H24N2S/c1-4-10(2)13-11-7-12(8-11)5-6-14(9-12)15-3/h10-11,13H,4-9H2,1-3H3. The van der Waals surface area contributed by atoms with Crippen LogP contribution in [0.1, 0.15) is 39.5 Å². The van der Waals surface area contributed by atoms with Gasteiger partial charge in [0.1, 0.15) is 0 Å². The fraction of sp³-hybridized carbons (Fsp3) is 1.00. The number of hydrogen-bond donors (Lipinski definition) is 1. The van der Waals surface area contributed by atoms with Crippen molar-refractivity contribution in [2.24, 2.45) is 5.41 Å². The molecule has 0 amide bonds. The lowest BCUT2D eigenvalue weighted by Gasteiger charge is -2.46. The summed E-state index contributed by atoms with van der Waals surface area (Å²) in [6, 6.07) is 1.51. The SMILES string of the molecule is CCC(C)NC1CC2(CCN(SC)C2)C1. The lowest BCUT2D eigenvalue weighted by Crippen LogP contribution is -2.52. The minimum Gasteiger partial charge on any atom is -0.311 e. The van der Waals surface area contributed by atoms with Crippen LogP contribution in [0.4, 0.5) is 0 Å². The predicted octanol–water partition coefficient (Wildman–Crippen LogP) is 2.51. The molecule has 0 aromatic rings. The molecular formula is C12H24N2S. The Kier molecular flexibility index (Phi) is 3.63. The summed E-state index contributed by atoms with van der Waals surface area (Å²) in [6.45, 7) is 7.19. The van der Waals surface area contributed by atoms with Crippen molar-refractivity contribution >= 4 is 11.9 Å². The van der Waals surface area contributed by atoms with Crippen LogP contribution < -0.4 is 5.32 Å². The molecule has 1 spiro atoms. The molecule has 3 heteroatoms. The van der Waals surface area contributed by atoms with Gasteiger partial charge in [0.25, 0.3) is 0 Å². The van der Waals surface area contributed by atoms with Crippen molar-refractivity contribution in [3.63, 3.8) is 0 Å². The molecule has 2 rings (SSSR count). The number of nitrogens with zero attached hydrogens (tertiary/aromatic N) is 1. The molecule has 1 heterocycles. The summed E-state index contributed by atoms with van der Waals surface area (Å²) in [4.78, 5) is 0. The van der Waals surface area contributed by atoms with Crippen molar-refractivity contribution in [1.82, 2.24) is 9.62 Å². The Morgan fingerprint density at radius 2 is 2.27 bits per heavy atom. The highest BCUT2D eigenvalue weighted by atomic mass is 32.2. The summed E-state index contributed by atoms with van der Waals surface area (Å²) in [6.07, 6.45) is 7.70. The molecule has 0 aromatic carbocycles. The molecule has 1 aliphatic heterocycles. The van der Waals surface area contributed by atoms with E-state index in [4.69, 9.17) is 0 Å². The van der Waals surface area contributed by atoms with E-state index < -0.39 is 0 Å². The van der Waals surface area contributed by atoms with E-state index in [9.17, 15) is 0 Å². The number of rotatable bonds is 4. The highest BCUT2D eigenvalue weighted by molar-refractivity contribution is 7.96. The van der Waals surface area contributed by atoms with Crippen LogP contribution in [0, 0.1) is 5.41 Å². The average molecular weight is 228 g/mol. The molecule has 2 nitrogen and oxygen atoms in total. The second kappa shape index (κ2) is 4.64. The van der Waals surface area contributed by atoms with Gasteiger partial charge in [0, 0.05) is 25.2 Å². The van der Waals surface area contributed by atoms with Gasteiger partial charge in [-0.3, -0.25) is 4.31 Å². The van der Waals surface area contributed by atoms with E-state index in [0.29, 0.717) is 11.5 Å². The fourth-order valence-electron chi connectivity index (χ4n) is 3.01. The Morgan fingerprint density at radius 3 is 2.80 bits per heavy atom. The Morgan fingerprint density at radius 1 is 1.53 bits per heavy atom. The second-order valence-electron chi connectivity index (χ2n) is 5.38. The van der Waals surface area contributed by atoms with Crippen LogP contribution in [0.2, 0.25) is 0 Å². The van der Waals surface area contributed by atoms with E-state index in [1.54, 1.807) is 0 Å². The summed E-state index contributed by atoms with van der Waals surface area (Å²) in [7, 11) is 0. The van der Waals surface area contributed by atoms with E-state index in [-0.39, 0.29) is 0 Å². The molecule has 1 atom stereocenters. The molecule has 2 aliphatic rings. The van der Waals surface area contributed by atoms with Crippen molar-refractivity contribution in [1.29, 1.82) is 0 Å². The monoisotopic (exact) mass is 228 g/mol. The minimum atomic E-state index is 0.689. The van der Waals surface area contributed by atoms with Crippen LogP contribution in [0.3, 0.4) is 0 Å². The van der Waals surface area contributed by atoms with Gasteiger partial charge in [0.2, 0.25) is 0 Å². The molecule has 1 aliphatic carbocycles. The molecule has 15 heavy (non-hydrogen) atoms. The molecule has 1 N–H and O–H groups in total. The fourth-order valence-corrected chi connectivity index (χ4v) is 3.68. The Labute approximate surface area is 98.3 Å². The average Bonchev–Trinajstić information content (AvgIpc) is 2.61. The minimum absolute atomic E-state index is 0.689. The maximum atomic E-state index is 3.72. The molecule has 1 unspecified atom stereocenters. The summed E-state index contributed by atoms with van der Waals surface area (Å²) in [5.41, 5.74) is 0.689. The van der Waals surface area contributed by atoms with E-state index in [1.807, 2.05) is 11.9 Å². The van der Waals surface area contributed by atoms with Gasteiger partial charge in [-0.15, -0.1) is 0 Å². The third-order valence-corrected chi connectivity index (χ3v) is 4.98. The molecule has 0 radical (unpaired) electrons. The van der Waals surface area contributed by atoms with Crippen LogP contribution in [0.5, 0.6) is 0 Å². The quantitative estimate of drug-likeness (QED) is 0.744. The first-order valence-corrected chi connectivity index (χ1v) is 7.41. The van der Waals surface area contributed by atoms with Gasteiger partial charge in [0.15, 0.2) is 0 Å². The molecular weight excluding hydrogens is 204 g/mol. The van der Waals surface area contributed by atoms with Crippen LogP contribution in [-0.2, 0) is 0 Å². The topological polar surface area (TPSA) is 15.3 Å². The van der Waals surface area contributed by atoms with Crippen molar-refractivity contribution in [3.05, 3.63) is 0 Å². The van der Waals surface area contributed by atoms with Crippen molar-refractivity contribution in [2.45, 2.75) is 51.6 Å². The first-order valence-electron chi connectivity index (χ1n) is 6.22. The van der Waals surface area contributed by atoms with Gasteiger partial charge in [-0.05, 0) is 44.3 Å². The highest BCUT2D eigenvalue weighted by Gasteiger charge is 2.48. The van der Waals surface area contributed by atoms with Crippen LogP contribution >= 0.6 is 11.9 Å². The smallest absolute Gasteiger partial charge is 0.0147 e. The van der Waals surface area contributed by atoms with Crippen LogP contribution in [0.25, 0.3) is 0 Å². The van der Waals surface area contributed by atoms with Gasteiger partial charge in [-0.1, -0.05) is 18.9 Å². The van der Waals surface area contributed by atoms with E-state index >= 15 is 0 Å².